The molecule has 1 aromatic carbocycles. The van der Waals surface area contributed by atoms with Crippen molar-refractivity contribution in [1.82, 2.24) is 9.29 Å². The molecule has 0 unspecified atom stereocenters. The van der Waals surface area contributed by atoms with Crippen LogP contribution in [-0.4, -0.2) is 30.0 Å². The Morgan fingerprint density at radius 1 is 1.24 bits per heavy atom. The standard InChI is InChI=1S/C15H18N2O3S/c1-3-21(19,20)17-5-4-11-7-12-6-10(2)15(18)16-14(12)8-13(11)9-17/h6-8H,3-5,9H2,1-2H3,(H,16,18). The predicted molar refractivity (Wildman–Crippen MR) is 82.9 cm³/mol. The smallest absolute Gasteiger partial charge is 0.251 e. The summed E-state index contributed by atoms with van der Waals surface area (Å²) in [6.45, 7) is 4.35. The second-order valence-electron chi connectivity index (χ2n) is 5.47. The van der Waals surface area contributed by atoms with Crippen LogP contribution in [0.4, 0.5) is 0 Å². The van der Waals surface area contributed by atoms with Crippen LogP contribution >= 0.6 is 0 Å². The summed E-state index contributed by atoms with van der Waals surface area (Å²) in [7, 11) is -3.17. The maximum atomic E-state index is 12.0. The highest BCUT2D eigenvalue weighted by molar-refractivity contribution is 7.89. The third-order valence-electron chi connectivity index (χ3n) is 4.09. The number of nitrogens with one attached hydrogen (secondary N) is 1. The number of fused-ring (bicyclic) bond motifs is 2. The van der Waals surface area contributed by atoms with E-state index in [1.54, 1.807) is 13.8 Å². The van der Waals surface area contributed by atoms with Gasteiger partial charge in [0.15, 0.2) is 0 Å². The maximum absolute atomic E-state index is 12.0. The fourth-order valence-electron chi connectivity index (χ4n) is 2.77. The predicted octanol–water partition coefficient (Wildman–Crippen LogP) is 1.54. The Morgan fingerprint density at radius 2 is 2.00 bits per heavy atom. The summed E-state index contributed by atoms with van der Waals surface area (Å²) in [6, 6.07) is 5.84. The van der Waals surface area contributed by atoms with E-state index >= 15 is 0 Å². The van der Waals surface area contributed by atoms with Crippen LogP contribution in [0, 0.1) is 6.92 Å². The molecule has 112 valence electrons. The van der Waals surface area contributed by atoms with Gasteiger partial charge in [-0.05, 0) is 55.0 Å². The summed E-state index contributed by atoms with van der Waals surface area (Å²) in [5.41, 5.74) is 3.49. The average molecular weight is 306 g/mol. The molecule has 1 aromatic heterocycles. The number of sulfonamides is 1. The minimum absolute atomic E-state index is 0.101. The van der Waals surface area contributed by atoms with Gasteiger partial charge < -0.3 is 4.98 Å². The van der Waals surface area contributed by atoms with Gasteiger partial charge >= 0.3 is 0 Å². The number of benzene rings is 1. The van der Waals surface area contributed by atoms with Gasteiger partial charge in [0.2, 0.25) is 10.0 Å². The van der Waals surface area contributed by atoms with Crippen molar-refractivity contribution in [1.29, 1.82) is 0 Å². The Morgan fingerprint density at radius 3 is 2.71 bits per heavy atom. The summed E-state index contributed by atoms with van der Waals surface area (Å²) >= 11 is 0. The van der Waals surface area contributed by atoms with Crippen LogP contribution in [0.5, 0.6) is 0 Å². The van der Waals surface area contributed by atoms with Gasteiger partial charge in [0.05, 0.1) is 5.75 Å². The number of hydrogen-bond donors (Lipinski definition) is 1. The molecule has 0 atom stereocenters. The Bertz CT molecular complexity index is 868. The fourth-order valence-corrected chi connectivity index (χ4v) is 3.84. The van der Waals surface area contributed by atoms with Gasteiger partial charge in [0, 0.05) is 24.2 Å². The van der Waals surface area contributed by atoms with Crippen molar-refractivity contribution in [2.75, 3.05) is 12.3 Å². The number of aryl methyl sites for hydroxylation is 1. The van der Waals surface area contributed by atoms with Crippen LogP contribution < -0.4 is 5.56 Å². The van der Waals surface area contributed by atoms with E-state index in [9.17, 15) is 13.2 Å². The monoisotopic (exact) mass is 306 g/mol. The van der Waals surface area contributed by atoms with Crippen LogP contribution in [0.25, 0.3) is 10.9 Å². The molecule has 1 N–H and O–H groups in total. The summed E-state index contributed by atoms with van der Waals surface area (Å²) in [4.78, 5) is 14.6. The quantitative estimate of drug-likeness (QED) is 0.915. The Labute approximate surface area is 123 Å². The number of aromatic nitrogens is 1. The highest BCUT2D eigenvalue weighted by Gasteiger charge is 2.25. The molecule has 2 heterocycles. The van der Waals surface area contributed by atoms with Gasteiger partial charge in [-0.2, -0.15) is 4.31 Å². The van der Waals surface area contributed by atoms with E-state index in [4.69, 9.17) is 0 Å². The Balaban J connectivity index is 2.09. The lowest BCUT2D eigenvalue weighted by molar-refractivity contribution is 0.392. The third-order valence-corrected chi connectivity index (χ3v) is 5.91. The highest BCUT2D eigenvalue weighted by Crippen LogP contribution is 2.25. The van der Waals surface area contributed by atoms with E-state index < -0.39 is 10.0 Å². The normalized spacial score (nSPS) is 16.1. The topological polar surface area (TPSA) is 70.2 Å². The number of nitrogens with zero attached hydrogens (tertiary/aromatic N) is 1. The number of H-pyrrole nitrogens is 1. The zero-order valence-corrected chi connectivity index (χ0v) is 13.0. The van der Waals surface area contributed by atoms with Crippen LogP contribution in [-0.2, 0) is 23.0 Å². The first-order chi connectivity index (χ1) is 9.90. The van der Waals surface area contributed by atoms with E-state index in [0.717, 1.165) is 22.0 Å². The van der Waals surface area contributed by atoms with Crippen LogP contribution in [0.2, 0.25) is 0 Å². The van der Waals surface area contributed by atoms with Crippen LogP contribution in [0.1, 0.15) is 23.6 Å². The van der Waals surface area contributed by atoms with E-state index in [1.807, 2.05) is 12.1 Å². The molecule has 0 saturated heterocycles. The first-order valence-corrected chi connectivity index (χ1v) is 8.65. The van der Waals surface area contributed by atoms with Gasteiger partial charge in [-0.1, -0.05) is 0 Å². The molecule has 5 nitrogen and oxygen atoms in total. The molecular weight excluding hydrogens is 288 g/mol. The third kappa shape index (κ3) is 2.49. The summed E-state index contributed by atoms with van der Waals surface area (Å²) < 4.78 is 25.5. The van der Waals surface area contributed by atoms with Crippen molar-refractivity contribution in [3.05, 3.63) is 45.2 Å². The zero-order valence-electron chi connectivity index (χ0n) is 12.1. The van der Waals surface area contributed by atoms with Crippen molar-refractivity contribution >= 4 is 20.9 Å². The number of hydrogen-bond acceptors (Lipinski definition) is 3. The highest BCUT2D eigenvalue weighted by atomic mass is 32.2. The molecule has 0 amide bonds. The van der Waals surface area contributed by atoms with Crippen molar-refractivity contribution in [3.63, 3.8) is 0 Å². The van der Waals surface area contributed by atoms with Gasteiger partial charge in [-0.15, -0.1) is 0 Å². The molecule has 1 aliphatic rings. The molecule has 6 heteroatoms. The number of pyridine rings is 1. The molecule has 3 rings (SSSR count). The van der Waals surface area contributed by atoms with E-state index in [-0.39, 0.29) is 11.3 Å². The minimum atomic E-state index is -3.17. The first-order valence-electron chi connectivity index (χ1n) is 7.04. The molecule has 0 aliphatic carbocycles. The summed E-state index contributed by atoms with van der Waals surface area (Å²) in [6.07, 6.45) is 0.711. The molecule has 0 radical (unpaired) electrons. The first kappa shape index (κ1) is 14.3. The molecule has 0 fully saturated rings. The van der Waals surface area contributed by atoms with Crippen molar-refractivity contribution in [2.24, 2.45) is 0 Å². The van der Waals surface area contributed by atoms with Gasteiger partial charge in [0.25, 0.3) is 5.56 Å². The zero-order chi connectivity index (χ0) is 15.2. The SMILES string of the molecule is CCS(=O)(=O)N1CCc2cc3cc(C)c(=O)[nH]c3cc2C1. The van der Waals surface area contributed by atoms with E-state index in [2.05, 4.69) is 11.1 Å². The molecule has 1 aliphatic heterocycles. The Hall–Kier alpha value is -1.66. The average Bonchev–Trinajstić information content (AvgIpc) is 2.46. The molecule has 2 aromatic rings. The molecule has 0 bridgehead atoms. The van der Waals surface area contributed by atoms with E-state index in [1.165, 1.54) is 4.31 Å². The molecule has 21 heavy (non-hydrogen) atoms. The largest absolute Gasteiger partial charge is 0.322 e. The lowest BCUT2D eigenvalue weighted by Gasteiger charge is -2.28. The lowest BCUT2D eigenvalue weighted by Crippen LogP contribution is -2.36. The maximum Gasteiger partial charge on any atom is 0.251 e. The molecule has 0 spiro atoms. The van der Waals surface area contributed by atoms with Gasteiger partial charge in [-0.3, -0.25) is 4.79 Å². The number of rotatable bonds is 2. The van der Waals surface area contributed by atoms with Gasteiger partial charge in [0.1, 0.15) is 0 Å². The van der Waals surface area contributed by atoms with Gasteiger partial charge in [-0.25, -0.2) is 8.42 Å². The van der Waals surface area contributed by atoms with Crippen molar-refractivity contribution < 1.29 is 8.42 Å². The molecule has 0 saturated carbocycles. The summed E-state index contributed by atoms with van der Waals surface area (Å²) in [5, 5.41) is 0.998. The van der Waals surface area contributed by atoms with Crippen LogP contribution in [0.3, 0.4) is 0 Å². The Kier molecular flexibility index (Phi) is 3.37. The lowest BCUT2D eigenvalue weighted by atomic mass is 9.98. The van der Waals surface area contributed by atoms with E-state index in [0.29, 0.717) is 25.1 Å². The second-order valence-corrected chi connectivity index (χ2v) is 7.73. The van der Waals surface area contributed by atoms with Crippen LogP contribution in [0.15, 0.2) is 23.0 Å². The second kappa shape index (κ2) is 4.96. The minimum Gasteiger partial charge on any atom is -0.322 e. The number of aromatic amines is 1. The van der Waals surface area contributed by atoms with Crippen molar-refractivity contribution in [3.8, 4) is 0 Å². The molecular formula is C15H18N2O3S. The summed E-state index contributed by atoms with van der Waals surface area (Å²) in [5.74, 6) is 0.117. The van der Waals surface area contributed by atoms with Crippen molar-refractivity contribution in [2.45, 2.75) is 26.8 Å². The fraction of sp³-hybridized carbons (Fsp3) is 0.400.